The third kappa shape index (κ3) is 4.18. The van der Waals surface area contributed by atoms with Crippen molar-refractivity contribution >= 4 is 17.5 Å². The Labute approximate surface area is 101 Å². The largest absolute Gasteiger partial charge is 0.460 e. The number of hydrogen-bond donors (Lipinski definition) is 1. The van der Waals surface area contributed by atoms with Crippen LogP contribution in [0.15, 0.2) is 0 Å². The second-order valence-corrected chi connectivity index (χ2v) is 3.81. The number of ether oxygens (including phenoxy) is 1. The van der Waals surface area contributed by atoms with Crippen LogP contribution < -0.4 is 10.1 Å². The Hall–Kier alpha value is -1.10. The molecular formula is C10H17ClN4O. The van der Waals surface area contributed by atoms with Gasteiger partial charge in [-0.1, -0.05) is 13.8 Å². The molecule has 0 fully saturated rings. The molecule has 1 rings (SSSR count). The van der Waals surface area contributed by atoms with E-state index in [2.05, 4.69) is 27.2 Å². The summed E-state index contributed by atoms with van der Waals surface area (Å²) in [5.74, 6) is 0.458. The number of rotatable bonds is 6. The lowest BCUT2D eigenvalue weighted by atomic mass is 10.3. The number of aromatic nitrogens is 3. The van der Waals surface area contributed by atoms with Gasteiger partial charge in [0.2, 0.25) is 11.2 Å². The monoisotopic (exact) mass is 244 g/mol. The predicted molar refractivity (Wildman–Crippen MR) is 64.0 cm³/mol. The molecule has 0 radical (unpaired) electrons. The maximum absolute atomic E-state index is 5.77. The molecule has 0 bridgehead atoms. The van der Waals surface area contributed by atoms with Gasteiger partial charge in [-0.2, -0.15) is 15.0 Å². The van der Waals surface area contributed by atoms with Crippen molar-refractivity contribution in [1.82, 2.24) is 15.0 Å². The van der Waals surface area contributed by atoms with E-state index in [1.165, 1.54) is 0 Å². The number of anilines is 1. The standard InChI is InChI=1S/C10H17ClN4O/c1-4-6-12-9-13-8(11)14-10(15-9)16-7(3)5-2/h7H,4-6H2,1-3H3,(H,12,13,14,15). The summed E-state index contributed by atoms with van der Waals surface area (Å²) in [6, 6.07) is 0.271. The number of nitrogens with one attached hydrogen (secondary N) is 1. The van der Waals surface area contributed by atoms with Crippen molar-refractivity contribution in [2.45, 2.75) is 39.7 Å². The van der Waals surface area contributed by atoms with E-state index in [0.717, 1.165) is 19.4 Å². The van der Waals surface area contributed by atoms with Gasteiger partial charge in [0.05, 0.1) is 6.10 Å². The molecule has 0 aliphatic rings. The molecule has 6 heteroatoms. The molecule has 1 atom stereocenters. The summed E-state index contributed by atoms with van der Waals surface area (Å²) in [7, 11) is 0. The van der Waals surface area contributed by atoms with E-state index in [0.29, 0.717) is 5.95 Å². The van der Waals surface area contributed by atoms with Crippen molar-refractivity contribution < 1.29 is 4.74 Å². The van der Waals surface area contributed by atoms with Crippen LogP contribution in [0.2, 0.25) is 5.28 Å². The maximum Gasteiger partial charge on any atom is 0.322 e. The van der Waals surface area contributed by atoms with E-state index in [9.17, 15) is 0 Å². The van der Waals surface area contributed by atoms with Crippen molar-refractivity contribution in [3.05, 3.63) is 5.28 Å². The summed E-state index contributed by atoms with van der Waals surface area (Å²) in [6.45, 7) is 6.84. The minimum Gasteiger partial charge on any atom is -0.460 e. The van der Waals surface area contributed by atoms with Crippen molar-refractivity contribution in [1.29, 1.82) is 0 Å². The van der Waals surface area contributed by atoms with Crippen molar-refractivity contribution in [3.8, 4) is 6.01 Å². The minimum absolute atomic E-state index is 0.0671. The highest BCUT2D eigenvalue weighted by Crippen LogP contribution is 2.13. The van der Waals surface area contributed by atoms with Crippen LogP contribution in [0.3, 0.4) is 0 Å². The molecule has 1 aromatic heterocycles. The zero-order valence-electron chi connectivity index (χ0n) is 9.83. The van der Waals surface area contributed by atoms with Crippen LogP contribution in [0, 0.1) is 0 Å². The topological polar surface area (TPSA) is 59.9 Å². The van der Waals surface area contributed by atoms with Gasteiger partial charge >= 0.3 is 6.01 Å². The molecule has 0 aliphatic carbocycles. The van der Waals surface area contributed by atoms with E-state index in [1.54, 1.807) is 0 Å². The Morgan fingerprint density at radius 2 is 2.06 bits per heavy atom. The van der Waals surface area contributed by atoms with E-state index < -0.39 is 0 Å². The van der Waals surface area contributed by atoms with Crippen LogP contribution in [0.1, 0.15) is 33.6 Å². The lowest BCUT2D eigenvalue weighted by Gasteiger charge is -2.11. The van der Waals surface area contributed by atoms with E-state index in [-0.39, 0.29) is 17.4 Å². The lowest BCUT2D eigenvalue weighted by Crippen LogP contribution is -2.14. The second-order valence-electron chi connectivity index (χ2n) is 3.47. The highest BCUT2D eigenvalue weighted by atomic mass is 35.5. The fourth-order valence-electron chi connectivity index (χ4n) is 0.964. The van der Waals surface area contributed by atoms with Crippen LogP contribution in [0.25, 0.3) is 0 Å². The second kappa shape index (κ2) is 6.48. The molecule has 0 amide bonds. The van der Waals surface area contributed by atoms with E-state index in [4.69, 9.17) is 16.3 Å². The van der Waals surface area contributed by atoms with Gasteiger partial charge in [-0.3, -0.25) is 0 Å². The zero-order valence-corrected chi connectivity index (χ0v) is 10.6. The summed E-state index contributed by atoms with van der Waals surface area (Å²) in [6.07, 6.45) is 1.95. The fourth-order valence-corrected chi connectivity index (χ4v) is 1.12. The zero-order chi connectivity index (χ0) is 12.0. The van der Waals surface area contributed by atoms with Crippen molar-refractivity contribution in [3.63, 3.8) is 0 Å². The van der Waals surface area contributed by atoms with Crippen molar-refractivity contribution in [2.75, 3.05) is 11.9 Å². The first-order valence-electron chi connectivity index (χ1n) is 5.47. The van der Waals surface area contributed by atoms with E-state index >= 15 is 0 Å². The van der Waals surface area contributed by atoms with Crippen LogP contribution in [0.4, 0.5) is 5.95 Å². The number of hydrogen-bond acceptors (Lipinski definition) is 5. The first-order chi connectivity index (χ1) is 7.65. The molecule has 1 heterocycles. The van der Waals surface area contributed by atoms with Crippen LogP contribution >= 0.6 is 11.6 Å². The summed E-state index contributed by atoms with van der Waals surface area (Å²) >= 11 is 5.77. The molecule has 0 spiro atoms. The number of halogens is 1. The number of nitrogens with zero attached hydrogens (tertiary/aromatic N) is 3. The first kappa shape index (κ1) is 13.0. The highest BCUT2D eigenvalue weighted by Gasteiger charge is 2.08. The summed E-state index contributed by atoms with van der Waals surface area (Å²) in [5, 5.41) is 3.19. The average molecular weight is 245 g/mol. The van der Waals surface area contributed by atoms with Gasteiger partial charge in [-0.25, -0.2) is 0 Å². The average Bonchev–Trinajstić information content (AvgIpc) is 2.25. The smallest absolute Gasteiger partial charge is 0.322 e. The molecule has 0 aliphatic heterocycles. The molecule has 5 nitrogen and oxygen atoms in total. The van der Waals surface area contributed by atoms with Crippen LogP contribution in [-0.4, -0.2) is 27.6 Å². The molecule has 16 heavy (non-hydrogen) atoms. The summed E-state index contributed by atoms with van der Waals surface area (Å²) in [4.78, 5) is 12.0. The molecule has 90 valence electrons. The van der Waals surface area contributed by atoms with Gasteiger partial charge in [-0.15, -0.1) is 0 Å². The Morgan fingerprint density at radius 1 is 1.31 bits per heavy atom. The highest BCUT2D eigenvalue weighted by molar-refractivity contribution is 6.28. The van der Waals surface area contributed by atoms with Crippen molar-refractivity contribution in [2.24, 2.45) is 0 Å². The first-order valence-corrected chi connectivity index (χ1v) is 5.85. The predicted octanol–water partition coefficient (Wildman–Crippen LogP) is 2.52. The third-order valence-electron chi connectivity index (χ3n) is 2.00. The molecular weight excluding hydrogens is 228 g/mol. The maximum atomic E-state index is 5.77. The van der Waals surface area contributed by atoms with Gasteiger partial charge in [0, 0.05) is 6.54 Å². The SMILES string of the molecule is CCCNc1nc(Cl)nc(OC(C)CC)n1. The van der Waals surface area contributed by atoms with Gasteiger partial charge in [0.15, 0.2) is 0 Å². The summed E-state index contributed by atoms with van der Waals surface area (Å²) in [5.41, 5.74) is 0. The molecule has 0 aromatic carbocycles. The van der Waals surface area contributed by atoms with Gasteiger partial charge in [-0.05, 0) is 31.4 Å². The van der Waals surface area contributed by atoms with Gasteiger partial charge < -0.3 is 10.1 Å². The normalized spacial score (nSPS) is 12.2. The van der Waals surface area contributed by atoms with Crippen LogP contribution in [-0.2, 0) is 0 Å². The molecule has 0 saturated carbocycles. The Bertz CT molecular complexity index is 335. The van der Waals surface area contributed by atoms with Gasteiger partial charge in [0.25, 0.3) is 0 Å². The molecule has 1 N–H and O–H groups in total. The molecule has 0 saturated heterocycles. The Morgan fingerprint density at radius 3 is 2.69 bits per heavy atom. The third-order valence-corrected chi connectivity index (χ3v) is 2.17. The Kier molecular flexibility index (Phi) is 5.25. The molecule has 1 unspecified atom stereocenters. The fraction of sp³-hybridized carbons (Fsp3) is 0.700. The molecule has 1 aromatic rings. The minimum atomic E-state index is 0.0671. The van der Waals surface area contributed by atoms with Crippen LogP contribution in [0.5, 0.6) is 6.01 Å². The van der Waals surface area contributed by atoms with E-state index in [1.807, 2.05) is 13.8 Å². The lowest BCUT2D eigenvalue weighted by molar-refractivity contribution is 0.199. The summed E-state index contributed by atoms with van der Waals surface area (Å²) < 4.78 is 5.48. The Balaban J connectivity index is 2.73. The quantitative estimate of drug-likeness (QED) is 0.833. The van der Waals surface area contributed by atoms with Gasteiger partial charge in [0.1, 0.15) is 0 Å².